The average molecular weight is 305 g/mol. The van der Waals surface area contributed by atoms with Gasteiger partial charge >= 0.3 is 0 Å². The van der Waals surface area contributed by atoms with E-state index in [1.165, 1.54) is 11.9 Å². The minimum atomic E-state index is 0.435. The van der Waals surface area contributed by atoms with Crippen LogP contribution in [0.2, 0.25) is 0 Å². The molecule has 1 aliphatic rings. The molecule has 0 aliphatic carbocycles. The minimum Gasteiger partial charge on any atom is -0.382 e. The maximum atomic E-state index is 6.08. The topological polar surface area (TPSA) is 92.8 Å². The predicted octanol–water partition coefficient (Wildman–Crippen LogP) is 1.91. The van der Waals surface area contributed by atoms with Crippen molar-refractivity contribution in [2.45, 2.75) is 6.54 Å². The van der Waals surface area contributed by atoms with Gasteiger partial charge in [0.05, 0.1) is 12.2 Å². The molecule has 0 saturated heterocycles. The summed E-state index contributed by atoms with van der Waals surface area (Å²) in [4.78, 5) is 19.2. The van der Waals surface area contributed by atoms with Crippen LogP contribution in [0, 0.1) is 0 Å². The maximum absolute atomic E-state index is 6.08. The van der Waals surface area contributed by atoms with Gasteiger partial charge in [-0.25, -0.2) is 19.9 Å². The van der Waals surface area contributed by atoms with E-state index in [1.54, 1.807) is 12.4 Å². The number of nitrogens with zero attached hydrogens (tertiary/aromatic N) is 5. The molecule has 0 atom stereocenters. The molecule has 114 valence electrons. The molecule has 7 heteroatoms. The van der Waals surface area contributed by atoms with Crippen molar-refractivity contribution in [3.8, 4) is 11.4 Å². The van der Waals surface area contributed by atoms with Gasteiger partial charge in [-0.05, 0) is 5.56 Å². The van der Waals surface area contributed by atoms with E-state index in [0.717, 1.165) is 23.6 Å². The fourth-order valence-corrected chi connectivity index (χ4v) is 2.59. The van der Waals surface area contributed by atoms with Crippen LogP contribution >= 0.6 is 0 Å². The number of nitrogens with two attached hydrogens (primary N) is 1. The van der Waals surface area contributed by atoms with Crippen LogP contribution in [0.5, 0.6) is 0 Å². The van der Waals surface area contributed by atoms with E-state index in [1.807, 2.05) is 18.2 Å². The Balaban J connectivity index is 1.71. The highest BCUT2D eigenvalue weighted by Crippen LogP contribution is 2.35. The Bertz CT molecular complexity index is 821. The lowest BCUT2D eigenvalue weighted by Gasteiger charge is -2.17. The molecule has 0 unspecified atom stereocenters. The van der Waals surface area contributed by atoms with Crippen molar-refractivity contribution in [3.05, 3.63) is 54.6 Å². The number of benzene rings is 1. The van der Waals surface area contributed by atoms with E-state index < -0.39 is 0 Å². The first-order valence-electron chi connectivity index (χ1n) is 7.27. The first kappa shape index (κ1) is 13.4. The molecular formula is C16H15N7. The highest BCUT2D eigenvalue weighted by Gasteiger charge is 2.24. The molecular weight excluding hydrogens is 290 g/mol. The second-order valence-corrected chi connectivity index (χ2v) is 5.28. The van der Waals surface area contributed by atoms with Crippen molar-refractivity contribution in [1.82, 2.24) is 19.9 Å². The van der Waals surface area contributed by atoms with Crippen LogP contribution in [0.3, 0.4) is 0 Å². The Kier molecular flexibility index (Phi) is 3.23. The van der Waals surface area contributed by atoms with E-state index in [0.29, 0.717) is 18.3 Å². The van der Waals surface area contributed by atoms with Gasteiger partial charge in [0.15, 0.2) is 17.5 Å². The maximum Gasteiger partial charge on any atom is 0.167 e. The third-order valence-corrected chi connectivity index (χ3v) is 3.70. The van der Waals surface area contributed by atoms with Gasteiger partial charge in [0.25, 0.3) is 0 Å². The normalized spacial score (nSPS) is 12.8. The Morgan fingerprint density at radius 2 is 1.87 bits per heavy atom. The zero-order chi connectivity index (χ0) is 15.6. The standard InChI is InChI=1S/C16H15N7/c17-14-13-16(22-15(21-14)12-6-18-9-19-7-12)23(10-20-13)8-11-4-2-1-3-5-11/h1-7,9,20H,8,10H2,(H2,17,21,22). The molecule has 0 radical (unpaired) electrons. The van der Waals surface area contributed by atoms with Crippen molar-refractivity contribution < 1.29 is 0 Å². The fourth-order valence-electron chi connectivity index (χ4n) is 2.59. The van der Waals surface area contributed by atoms with Crippen LogP contribution in [0.1, 0.15) is 5.56 Å². The van der Waals surface area contributed by atoms with Crippen LogP contribution in [0.25, 0.3) is 11.4 Å². The van der Waals surface area contributed by atoms with Gasteiger partial charge < -0.3 is 16.0 Å². The number of nitrogens with one attached hydrogen (secondary N) is 1. The van der Waals surface area contributed by atoms with E-state index >= 15 is 0 Å². The second kappa shape index (κ2) is 5.53. The Hall–Kier alpha value is -3.22. The van der Waals surface area contributed by atoms with Crippen LogP contribution in [0.15, 0.2) is 49.1 Å². The second-order valence-electron chi connectivity index (χ2n) is 5.28. The smallest absolute Gasteiger partial charge is 0.167 e. The van der Waals surface area contributed by atoms with Gasteiger partial charge in [-0.3, -0.25) is 0 Å². The summed E-state index contributed by atoms with van der Waals surface area (Å²) in [5.74, 6) is 1.77. The molecule has 1 aromatic carbocycles. The van der Waals surface area contributed by atoms with E-state index in [-0.39, 0.29) is 0 Å². The summed E-state index contributed by atoms with van der Waals surface area (Å²) in [6.45, 7) is 1.40. The van der Waals surface area contributed by atoms with E-state index in [9.17, 15) is 0 Å². The fraction of sp³-hybridized carbons (Fsp3) is 0.125. The molecule has 0 bridgehead atoms. The number of aromatic nitrogens is 4. The Morgan fingerprint density at radius 1 is 1.09 bits per heavy atom. The largest absolute Gasteiger partial charge is 0.382 e. The number of fused-ring (bicyclic) bond motifs is 1. The quantitative estimate of drug-likeness (QED) is 0.763. The summed E-state index contributed by atoms with van der Waals surface area (Å²) in [6, 6.07) is 10.2. The summed E-state index contributed by atoms with van der Waals surface area (Å²) < 4.78 is 0. The lowest BCUT2D eigenvalue weighted by atomic mass is 10.2. The van der Waals surface area contributed by atoms with E-state index in [2.05, 4.69) is 42.3 Å². The molecule has 3 aromatic rings. The molecule has 0 saturated carbocycles. The molecule has 0 fully saturated rings. The monoisotopic (exact) mass is 305 g/mol. The lowest BCUT2D eigenvalue weighted by Crippen LogP contribution is -2.22. The molecule has 4 rings (SSSR count). The number of anilines is 3. The lowest BCUT2D eigenvalue weighted by molar-refractivity contribution is 0.855. The molecule has 2 aromatic heterocycles. The number of nitrogen functional groups attached to an aromatic ring is 1. The molecule has 0 amide bonds. The summed E-state index contributed by atoms with van der Waals surface area (Å²) in [5, 5.41) is 3.26. The molecule has 3 N–H and O–H groups in total. The van der Waals surface area contributed by atoms with Crippen molar-refractivity contribution in [2.75, 3.05) is 22.6 Å². The van der Waals surface area contributed by atoms with Gasteiger partial charge in [-0.15, -0.1) is 0 Å². The molecule has 23 heavy (non-hydrogen) atoms. The van der Waals surface area contributed by atoms with Gasteiger partial charge in [-0.1, -0.05) is 30.3 Å². The molecule has 1 aliphatic heterocycles. The van der Waals surface area contributed by atoms with Gasteiger partial charge in [-0.2, -0.15) is 0 Å². The summed E-state index contributed by atoms with van der Waals surface area (Å²) in [6.07, 6.45) is 4.83. The van der Waals surface area contributed by atoms with Crippen molar-refractivity contribution in [1.29, 1.82) is 0 Å². The minimum absolute atomic E-state index is 0.435. The Labute approximate surface area is 133 Å². The van der Waals surface area contributed by atoms with Crippen molar-refractivity contribution in [2.24, 2.45) is 0 Å². The highest BCUT2D eigenvalue weighted by molar-refractivity contribution is 5.82. The zero-order valence-corrected chi connectivity index (χ0v) is 12.3. The first-order chi connectivity index (χ1) is 11.3. The third kappa shape index (κ3) is 2.52. The molecule has 0 spiro atoms. The van der Waals surface area contributed by atoms with Crippen LogP contribution in [-0.2, 0) is 6.54 Å². The highest BCUT2D eigenvalue weighted by atomic mass is 15.3. The predicted molar refractivity (Wildman–Crippen MR) is 88.6 cm³/mol. The molecule has 3 heterocycles. The van der Waals surface area contributed by atoms with Gasteiger partial charge in [0.1, 0.15) is 12.0 Å². The average Bonchev–Trinajstić information content (AvgIpc) is 3.00. The Morgan fingerprint density at radius 3 is 2.65 bits per heavy atom. The zero-order valence-electron chi connectivity index (χ0n) is 12.3. The SMILES string of the molecule is Nc1nc(-c2cncnc2)nc2c1NCN2Cc1ccccc1. The number of hydrogen-bond acceptors (Lipinski definition) is 7. The summed E-state index contributed by atoms with van der Waals surface area (Å²) in [5.41, 5.74) is 8.82. The summed E-state index contributed by atoms with van der Waals surface area (Å²) >= 11 is 0. The van der Waals surface area contributed by atoms with Gasteiger partial charge in [0, 0.05) is 18.9 Å². The van der Waals surface area contributed by atoms with Crippen molar-refractivity contribution >= 4 is 17.3 Å². The number of hydrogen-bond donors (Lipinski definition) is 2. The molecule has 7 nitrogen and oxygen atoms in total. The van der Waals surface area contributed by atoms with Crippen molar-refractivity contribution in [3.63, 3.8) is 0 Å². The van der Waals surface area contributed by atoms with E-state index in [4.69, 9.17) is 5.73 Å². The van der Waals surface area contributed by atoms with Gasteiger partial charge in [0.2, 0.25) is 0 Å². The van der Waals surface area contributed by atoms with Crippen LogP contribution in [0.4, 0.5) is 17.3 Å². The summed E-state index contributed by atoms with van der Waals surface area (Å²) in [7, 11) is 0. The first-order valence-corrected chi connectivity index (χ1v) is 7.27. The number of rotatable bonds is 3. The third-order valence-electron chi connectivity index (χ3n) is 3.70. The van der Waals surface area contributed by atoms with Crippen LogP contribution in [-0.4, -0.2) is 26.6 Å². The van der Waals surface area contributed by atoms with Crippen LogP contribution < -0.4 is 16.0 Å².